The van der Waals surface area contributed by atoms with Crippen molar-refractivity contribution in [2.24, 2.45) is 0 Å². The van der Waals surface area contributed by atoms with Gasteiger partial charge in [-0.1, -0.05) is 118 Å². The predicted molar refractivity (Wildman–Crippen MR) is 491 cm³/mol. The molecule has 4 radical (unpaired) electrons. The third-order valence-electron chi connectivity index (χ3n) is 19.2. The maximum atomic E-state index is 14.9. The maximum absolute atomic E-state index is 14.9. The van der Waals surface area contributed by atoms with Gasteiger partial charge in [-0.05, 0) is 146 Å². The van der Waals surface area contributed by atoms with Crippen molar-refractivity contribution in [3.8, 4) is 90.1 Å². The minimum Gasteiger partial charge on any atom is -0.378 e. The van der Waals surface area contributed by atoms with Crippen LogP contribution in [0.3, 0.4) is 0 Å². The Balaban J connectivity index is 0.000000222. The molecule has 0 saturated carbocycles. The van der Waals surface area contributed by atoms with E-state index in [1.165, 1.54) is 24.7 Å². The molecule has 0 aliphatic heterocycles. The number of anilines is 1. The topological polar surface area (TPSA) is 158 Å². The number of carbonyl (C=O) groups is 3. The van der Waals surface area contributed by atoms with Gasteiger partial charge in [0.2, 0.25) is 0 Å². The van der Waals surface area contributed by atoms with Crippen LogP contribution in [0.5, 0.6) is 0 Å². The van der Waals surface area contributed by atoms with Crippen LogP contribution in [0.1, 0.15) is 64.5 Å². The molecule has 0 atom stereocenters. The first-order chi connectivity index (χ1) is 65.8. The zero-order valence-corrected chi connectivity index (χ0v) is 84.0. The number of aryl methyl sites for hydroxylation is 3. The van der Waals surface area contributed by atoms with Gasteiger partial charge in [-0.15, -0.1) is 192 Å². The fourth-order valence-corrected chi connectivity index (χ4v) is 12.4. The molecule has 31 heteroatoms. The Morgan fingerprint density at radius 3 is 0.922 bits per heavy atom. The van der Waals surface area contributed by atoms with Gasteiger partial charge in [-0.25, -0.2) is 17.6 Å². The number of hydrogen-bond donors (Lipinski definition) is 0. The van der Waals surface area contributed by atoms with E-state index in [0.29, 0.717) is 23.4 Å². The average Bonchev–Trinajstić information content (AvgIpc) is 0.787. The van der Waals surface area contributed by atoms with Crippen LogP contribution < -0.4 is 4.90 Å². The van der Waals surface area contributed by atoms with Gasteiger partial charge in [0.15, 0.2) is 11.6 Å². The van der Waals surface area contributed by atoms with Crippen LogP contribution in [0.15, 0.2) is 329 Å². The minimum atomic E-state index is -5.37. The second-order valence-corrected chi connectivity index (χ2v) is 29.2. The van der Waals surface area contributed by atoms with Crippen LogP contribution in [-0.4, -0.2) is 77.5 Å². The number of carbonyl (C=O) groups excluding carboxylic acids is 3. The number of aromatic nitrogens is 8. The van der Waals surface area contributed by atoms with Gasteiger partial charge >= 0.3 is 6.18 Å². The van der Waals surface area contributed by atoms with E-state index in [1.807, 2.05) is 195 Å². The molecule has 0 unspecified atom stereocenters. The van der Waals surface area contributed by atoms with Crippen molar-refractivity contribution >= 4 is 23.0 Å². The van der Waals surface area contributed by atoms with Gasteiger partial charge in [0, 0.05) is 190 Å². The number of hydrogen-bond acceptors (Lipinski definition) is 12. The summed E-state index contributed by atoms with van der Waals surface area (Å²) in [4.78, 5) is 70.6. The molecule has 8 heterocycles. The predicted octanol–water partition coefficient (Wildman–Crippen LogP) is 26.6. The number of pyridine rings is 8. The molecule has 0 N–H and O–H groups in total. The van der Waals surface area contributed by atoms with Gasteiger partial charge in [0.05, 0.1) is 46.0 Å². The first-order valence-electron chi connectivity index (χ1n) is 41.0. The number of Topliss-reactive ketones (excluding diaryl/α,β-unsaturated/α-hetero) is 1. The van der Waals surface area contributed by atoms with Crippen molar-refractivity contribution in [2.75, 3.05) is 19.0 Å². The van der Waals surface area contributed by atoms with Crippen molar-refractivity contribution < 1.29 is 161 Å². The van der Waals surface area contributed by atoms with Crippen molar-refractivity contribution in [1.29, 1.82) is 0 Å². The average molecular weight is 2620 g/mol. The molecule has 0 amide bonds. The summed E-state index contributed by atoms with van der Waals surface area (Å²) in [6.45, 7) is 6.31. The Labute approximate surface area is 856 Å². The van der Waals surface area contributed by atoms with Gasteiger partial charge in [0.1, 0.15) is 23.3 Å². The molecule has 0 aliphatic carbocycles. The van der Waals surface area contributed by atoms with Gasteiger partial charge < -0.3 is 44.8 Å². The second-order valence-electron chi connectivity index (χ2n) is 29.2. The van der Waals surface area contributed by atoms with Crippen LogP contribution in [0, 0.1) is 146 Å². The van der Waals surface area contributed by atoms with E-state index in [4.69, 9.17) is 0 Å². The molecule has 724 valence electrons. The molecule has 12 nitrogen and oxygen atoms in total. The van der Waals surface area contributed by atoms with E-state index in [9.17, 15) is 80.2 Å². The fourth-order valence-electron chi connectivity index (χ4n) is 12.4. The third-order valence-corrected chi connectivity index (χ3v) is 19.2. The van der Waals surface area contributed by atoms with E-state index in [-0.39, 0.29) is 114 Å². The summed E-state index contributed by atoms with van der Waals surface area (Å²) < 4.78 is 203. The maximum Gasteiger partial charge on any atom is 0.453 e. The van der Waals surface area contributed by atoms with Crippen LogP contribution in [0.2, 0.25) is 0 Å². The standard InChI is InChI=1S/C20H12F4NO.C19H10F4NO.C14H7F5NO.C13H11F2N2.4C11H8N.4Ir/c1-10-7-8-25-16(9-10)12-3-6-15(22)17(19(12)24)20(26)13-4-5-14(21)11(2)18(13)23;1-10-6-7-24-16(8-10)13-4-5-14(21)17(18(13)23)19(25)12-3-2-11(20)9-15(12)22;1-7-4-5-20-10(6-7)8-2-3-9(15)11(12(8)16)13(21)14(17,18)19;1-17(2)10-5-6-16-13(8-10)11-4-3-9(14)7-12(11)15;4*1-2-6-10(7-3-1)11-8-4-5-9-12-11;;;;/h4-9H,1-2H3;2-3,5-9H,1H3;3-6H,1H3;3,5-8H,1-2H3;4*1-6,8-9H;;;;/q8*-1;;;;. The Hall–Kier alpha value is -14.2. The van der Waals surface area contributed by atoms with Crippen molar-refractivity contribution in [3.63, 3.8) is 0 Å². The molecule has 0 bridgehead atoms. The van der Waals surface area contributed by atoms with E-state index in [0.717, 1.165) is 117 Å². The van der Waals surface area contributed by atoms with E-state index in [2.05, 4.69) is 88.4 Å². The molecular weight excluding hydrogens is 2550 g/mol. The Bertz CT molecular complexity index is 6690. The molecule has 141 heavy (non-hydrogen) atoms. The normalized spacial score (nSPS) is 10.2. The quantitative estimate of drug-likeness (QED) is 0.0577. The number of alkyl halides is 3. The Morgan fingerprint density at radius 2 is 0.596 bits per heavy atom. The summed E-state index contributed by atoms with van der Waals surface area (Å²) in [6.07, 6.45) is 7.54. The van der Waals surface area contributed by atoms with Crippen LogP contribution in [0.25, 0.3) is 90.1 Å². The Kier molecular flexibility index (Phi) is 44.8. The molecule has 18 rings (SSSR count). The molecule has 0 spiro atoms. The molecule has 0 fully saturated rings. The summed E-state index contributed by atoms with van der Waals surface area (Å²) in [5.74, 6) is -18.5. The molecule has 8 aromatic heterocycles. The third kappa shape index (κ3) is 31.9. The van der Waals surface area contributed by atoms with E-state index < -0.39 is 132 Å². The van der Waals surface area contributed by atoms with E-state index in [1.54, 1.807) is 88.2 Å². The summed E-state index contributed by atoms with van der Waals surface area (Å²) in [5, 5.41) is 0. The summed E-state index contributed by atoms with van der Waals surface area (Å²) in [5.41, 5.74) is 5.96. The molecular formula is C110H72F15Ir4N9O3-8. The summed E-state index contributed by atoms with van der Waals surface area (Å²) in [7, 11) is 3.76. The van der Waals surface area contributed by atoms with Crippen molar-refractivity contribution in [2.45, 2.75) is 33.9 Å². The van der Waals surface area contributed by atoms with Crippen LogP contribution in [0.4, 0.5) is 71.5 Å². The monoisotopic (exact) mass is 2620 g/mol. The molecule has 0 aliphatic rings. The first-order valence-corrected chi connectivity index (χ1v) is 41.0. The second kappa shape index (κ2) is 55.5. The fraction of sp³-hybridized carbons (Fsp3) is 0.0636. The molecule has 0 saturated heterocycles. The number of rotatable bonds is 14. The molecule has 18 aromatic rings. The van der Waals surface area contributed by atoms with E-state index >= 15 is 0 Å². The smallest absolute Gasteiger partial charge is 0.378 e. The van der Waals surface area contributed by atoms with Crippen molar-refractivity contribution in [1.82, 2.24) is 39.9 Å². The zero-order chi connectivity index (χ0) is 98.2. The van der Waals surface area contributed by atoms with Crippen molar-refractivity contribution in [3.05, 3.63) is 497 Å². The zero-order valence-electron chi connectivity index (χ0n) is 74.4. The number of halogens is 15. The van der Waals surface area contributed by atoms with Crippen LogP contribution in [-0.2, 0) is 80.4 Å². The summed E-state index contributed by atoms with van der Waals surface area (Å²) >= 11 is 0. The Morgan fingerprint density at radius 1 is 0.277 bits per heavy atom. The number of ketones is 3. The van der Waals surface area contributed by atoms with Crippen LogP contribution >= 0.6 is 0 Å². The van der Waals surface area contributed by atoms with Gasteiger partial charge in [-0.2, -0.15) is 13.2 Å². The van der Waals surface area contributed by atoms with Gasteiger partial charge in [0.25, 0.3) is 5.78 Å². The number of nitrogens with zero attached hydrogens (tertiary/aromatic N) is 9. The SMILES string of the molecule is CN(C)c1ccnc(-c2[c-]cc(F)cc2F)c1.Cc1ccnc(-c2[c-]cc(F)c(C(=O)C(F)(F)F)c2F)c1.Cc1ccnc(-c2[c-]cc(F)c(C(=O)c3ccc(F)c(C)c3F)c2F)c1.Cc1ccnc(-c2[c-]cc(F)c(C(=O)c3ccc(F)cc3F)c2F)c1.[Ir].[Ir].[Ir].[Ir].[c-]1ccccc1-c1ccccn1.[c-]1ccccc1-c1ccccn1.[c-]1ccccc1-c1ccccn1.[c-]1ccccc1-c1ccccn1. The minimum absolute atomic E-state index is 0. The largest absolute Gasteiger partial charge is 0.453 e. The summed E-state index contributed by atoms with van der Waals surface area (Å²) in [6, 6.07) is 97.7. The van der Waals surface area contributed by atoms with Gasteiger partial charge in [-0.3, -0.25) is 49.5 Å². The number of benzene rings is 10. The molecule has 10 aromatic carbocycles. The first kappa shape index (κ1) is 114.